The normalized spacial score (nSPS) is 11.9. The molecule has 0 atom stereocenters. The molecule has 0 saturated carbocycles. The van der Waals surface area contributed by atoms with E-state index in [-0.39, 0.29) is 17.3 Å². The SMILES string of the molecule is CCn1cnc2c(-c3ccc(F)c(-c4ccc(S(=O)(=O)CC)cc4COC)c3)cnnc21. The standard InChI is InChI=1S/C23H23FN4O3S/c1-4-28-14-25-22-20(12-26-27-23(22)28)15-6-9-21(24)19(11-15)18-8-7-17(32(29,30)5-2)10-16(18)13-31-3/h6-12,14H,4-5,13H2,1-3H3. The summed E-state index contributed by atoms with van der Waals surface area (Å²) in [4.78, 5) is 4.66. The van der Waals surface area contributed by atoms with Gasteiger partial charge in [-0.3, -0.25) is 0 Å². The summed E-state index contributed by atoms with van der Waals surface area (Å²) >= 11 is 0. The Morgan fingerprint density at radius 3 is 2.59 bits per heavy atom. The van der Waals surface area contributed by atoms with Crippen molar-refractivity contribution in [3.8, 4) is 22.3 Å². The number of hydrogen-bond donors (Lipinski definition) is 0. The van der Waals surface area contributed by atoms with Crippen LogP contribution in [0.3, 0.4) is 0 Å². The molecular weight excluding hydrogens is 431 g/mol. The molecule has 0 aliphatic carbocycles. The summed E-state index contributed by atoms with van der Waals surface area (Å²) in [7, 11) is -1.88. The molecule has 7 nitrogen and oxygen atoms in total. The molecule has 0 radical (unpaired) electrons. The van der Waals surface area contributed by atoms with Crippen molar-refractivity contribution in [2.75, 3.05) is 12.9 Å². The van der Waals surface area contributed by atoms with Gasteiger partial charge in [0.15, 0.2) is 15.5 Å². The quantitative estimate of drug-likeness (QED) is 0.415. The van der Waals surface area contributed by atoms with Crippen molar-refractivity contribution >= 4 is 21.0 Å². The third kappa shape index (κ3) is 3.89. The molecule has 9 heteroatoms. The van der Waals surface area contributed by atoms with Crippen molar-refractivity contribution in [1.82, 2.24) is 19.7 Å². The van der Waals surface area contributed by atoms with Crippen molar-refractivity contribution in [3.05, 3.63) is 60.3 Å². The van der Waals surface area contributed by atoms with Crippen LogP contribution in [0, 0.1) is 5.82 Å². The van der Waals surface area contributed by atoms with Crippen LogP contribution in [-0.4, -0.2) is 41.0 Å². The molecule has 0 unspecified atom stereocenters. The van der Waals surface area contributed by atoms with E-state index in [9.17, 15) is 12.8 Å². The van der Waals surface area contributed by atoms with Gasteiger partial charge in [0.1, 0.15) is 11.3 Å². The molecule has 0 bridgehead atoms. The maximum atomic E-state index is 15.0. The maximum Gasteiger partial charge on any atom is 0.183 e. The summed E-state index contributed by atoms with van der Waals surface area (Å²) < 4.78 is 46.8. The number of nitrogens with zero attached hydrogens (tertiary/aromatic N) is 4. The Kier molecular flexibility index (Phi) is 6.03. The van der Waals surface area contributed by atoms with Crippen molar-refractivity contribution in [3.63, 3.8) is 0 Å². The molecule has 2 aromatic heterocycles. The number of rotatable bonds is 7. The van der Waals surface area contributed by atoms with E-state index in [4.69, 9.17) is 4.74 Å². The predicted octanol–water partition coefficient (Wildman–Crippen LogP) is 4.26. The number of benzene rings is 2. The second-order valence-electron chi connectivity index (χ2n) is 7.31. The van der Waals surface area contributed by atoms with Crippen molar-refractivity contribution in [2.24, 2.45) is 0 Å². The van der Waals surface area contributed by atoms with Crippen LogP contribution in [0.15, 0.2) is 53.8 Å². The lowest BCUT2D eigenvalue weighted by Gasteiger charge is -2.14. The first-order chi connectivity index (χ1) is 15.4. The fourth-order valence-corrected chi connectivity index (χ4v) is 4.61. The zero-order valence-electron chi connectivity index (χ0n) is 18.0. The van der Waals surface area contributed by atoms with E-state index in [1.165, 1.54) is 19.2 Å². The van der Waals surface area contributed by atoms with E-state index >= 15 is 0 Å². The zero-order valence-corrected chi connectivity index (χ0v) is 18.9. The highest BCUT2D eigenvalue weighted by atomic mass is 32.2. The Morgan fingerprint density at radius 2 is 1.88 bits per heavy atom. The number of imidazole rings is 1. The number of sulfone groups is 1. The summed E-state index contributed by atoms with van der Waals surface area (Å²) in [5.74, 6) is -0.438. The zero-order chi connectivity index (χ0) is 22.9. The Hall–Kier alpha value is -3.17. The molecule has 32 heavy (non-hydrogen) atoms. The lowest BCUT2D eigenvalue weighted by molar-refractivity contribution is 0.185. The third-order valence-electron chi connectivity index (χ3n) is 5.43. The first-order valence-corrected chi connectivity index (χ1v) is 11.9. The van der Waals surface area contributed by atoms with Crippen molar-refractivity contribution in [1.29, 1.82) is 0 Å². The average Bonchev–Trinajstić information content (AvgIpc) is 3.23. The van der Waals surface area contributed by atoms with Crippen LogP contribution in [0.5, 0.6) is 0 Å². The van der Waals surface area contributed by atoms with E-state index in [1.807, 2.05) is 11.5 Å². The maximum absolute atomic E-state index is 15.0. The largest absolute Gasteiger partial charge is 0.380 e. The minimum Gasteiger partial charge on any atom is -0.380 e. The van der Waals surface area contributed by atoms with Gasteiger partial charge in [0, 0.05) is 24.8 Å². The smallest absolute Gasteiger partial charge is 0.183 e. The molecule has 0 fully saturated rings. The number of hydrogen-bond acceptors (Lipinski definition) is 6. The van der Waals surface area contributed by atoms with Crippen molar-refractivity contribution in [2.45, 2.75) is 31.9 Å². The average molecular weight is 455 g/mol. The predicted molar refractivity (Wildman–Crippen MR) is 120 cm³/mol. The number of aryl methyl sites for hydroxylation is 1. The van der Waals surface area contributed by atoms with Crippen LogP contribution in [0.1, 0.15) is 19.4 Å². The number of fused-ring (bicyclic) bond motifs is 1. The summed E-state index contributed by atoms with van der Waals surface area (Å²) in [6.07, 6.45) is 3.32. The molecule has 2 heterocycles. The Morgan fingerprint density at radius 1 is 1.06 bits per heavy atom. The van der Waals surface area contributed by atoms with Gasteiger partial charge in [-0.2, -0.15) is 5.10 Å². The fraction of sp³-hybridized carbons (Fsp3) is 0.261. The minimum absolute atomic E-state index is 0.0158. The molecule has 0 spiro atoms. The van der Waals surface area contributed by atoms with Gasteiger partial charge in [0.05, 0.1) is 29.8 Å². The monoisotopic (exact) mass is 454 g/mol. The van der Waals surface area contributed by atoms with E-state index in [0.29, 0.717) is 34.4 Å². The molecule has 4 rings (SSSR count). The van der Waals surface area contributed by atoms with Crippen LogP contribution in [0.2, 0.25) is 0 Å². The van der Waals surface area contributed by atoms with E-state index in [1.54, 1.807) is 43.7 Å². The van der Waals surface area contributed by atoms with Crippen LogP contribution < -0.4 is 0 Å². The lowest BCUT2D eigenvalue weighted by Crippen LogP contribution is -2.05. The van der Waals surface area contributed by atoms with Crippen LogP contribution in [0.4, 0.5) is 4.39 Å². The highest BCUT2D eigenvalue weighted by Gasteiger charge is 2.18. The van der Waals surface area contributed by atoms with E-state index in [0.717, 1.165) is 11.1 Å². The molecule has 0 aliphatic heterocycles. The van der Waals surface area contributed by atoms with Crippen molar-refractivity contribution < 1.29 is 17.5 Å². The second kappa shape index (κ2) is 8.76. The first kappa shape index (κ1) is 22.0. The van der Waals surface area contributed by atoms with E-state index in [2.05, 4.69) is 15.2 Å². The van der Waals surface area contributed by atoms with Gasteiger partial charge in [-0.05, 0) is 47.9 Å². The van der Waals surface area contributed by atoms with Crippen LogP contribution in [0.25, 0.3) is 33.4 Å². The van der Waals surface area contributed by atoms with Gasteiger partial charge in [-0.25, -0.2) is 17.8 Å². The number of halogens is 1. The number of methoxy groups -OCH3 is 1. The topological polar surface area (TPSA) is 87.0 Å². The first-order valence-electron chi connectivity index (χ1n) is 10.2. The lowest BCUT2D eigenvalue weighted by atomic mass is 9.96. The third-order valence-corrected chi connectivity index (χ3v) is 7.16. The molecule has 0 amide bonds. The highest BCUT2D eigenvalue weighted by molar-refractivity contribution is 7.91. The Bertz CT molecular complexity index is 1400. The van der Waals surface area contributed by atoms with Gasteiger partial charge in [0.25, 0.3) is 0 Å². The molecule has 0 aliphatic rings. The molecule has 166 valence electrons. The molecule has 0 N–H and O–H groups in total. The van der Waals surface area contributed by atoms with Gasteiger partial charge in [0.2, 0.25) is 0 Å². The summed E-state index contributed by atoms with van der Waals surface area (Å²) in [6.45, 7) is 4.43. The van der Waals surface area contributed by atoms with Crippen LogP contribution >= 0.6 is 0 Å². The van der Waals surface area contributed by atoms with Crippen LogP contribution in [-0.2, 0) is 27.7 Å². The minimum atomic E-state index is -3.40. The molecular formula is C23H23FN4O3S. The molecule has 0 saturated heterocycles. The summed E-state index contributed by atoms with van der Waals surface area (Å²) in [5, 5.41) is 8.28. The molecule has 4 aromatic rings. The van der Waals surface area contributed by atoms with Gasteiger partial charge >= 0.3 is 0 Å². The summed E-state index contributed by atoms with van der Waals surface area (Å²) in [5.41, 5.74) is 4.31. The van der Waals surface area contributed by atoms with Gasteiger partial charge < -0.3 is 9.30 Å². The Balaban J connectivity index is 1.88. The fourth-order valence-electron chi connectivity index (χ4n) is 3.68. The number of aromatic nitrogens is 4. The second-order valence-corrected chi connectivity index (χ2v) is 9.59. The Labute approximate surface area is 185 Å². The summed E-state index contributed by atoms with van der Waals surface area (Å²) in [6, 6.07) is 9.48. The highest BCUT2D eigenvalue weighted by Crippen LogP contribution is 2.34. The van der Waals surface area contributed by atoms with Gasteiger partial charge in [-0.1, -0.05) is 19.1 Å². The number of ether oxygens (including phenoxy) is 1. The van der Waals surface area contributed by atoms with Gasteiger partial charge in [-0.15, -0.1) is 5.10 Å². The van der Waals surface area contributed by atoms with E-state index < -0.39 is 15.7 Å². The molecule has 2 aromatic carbocycles.